The summed E-state index contributed by atoms with van der Waals surface area (Å²) in [5, 5.41) is 8.55. The van der Waals surface area contributed by atoms with Gasteiger partial charge in [0.2, 0.25) is 0 Å². The fraction of sp³-hybridized carbons (Fsp3) is 0.250. The molecule has 0 fully saturated rings. The molecule has 1 N–H and O–H groups in total. The molecule has 1 aromatic carbocycles. The van der Waals surface area contributed by atoms with Gasteiger partial charge >= 0.3 is 5.97 Å². The van der Waals surface area contributed by atoms with E-state index in [1.54, 1.807) is 12.1 Å². The molecule has 0 atom stereocenters. The number of carboxylic acids is 1. The van der Waals surface area contributed by atoms with Crippen LogP contribution in [0.2, 0.25) is 0 Å². The lowest BCUT2D eigenvalue weighted by Gasteiger charge is -2.20. The van der Waals surface area contributed by atoms with E-state index in [1.807, 2.05) is 13.8 Å². The zero-order valence-corrected chi connectivity index (χ0v) is 10.6. The van der Waals surface area contributed by atoms with Crippen molar-refractivity contribution < 1.29 is 14.3 Å². The Morgan fingerprint density at radius 3 is 2.62 bits per heavy atom. The molecule has 0 unspecified atom stereocenters. The molecule has 0 bridgehead atoms. The Bertz CT molecular complexity index is 439. The van der Waals surface area contributed by atoms with E-state index in [9.17, 15) is 9.18 Å². The molecule has 2 nitrogen and oxygen atoms in total. The molecular formula is C12H12BrFO2. The van der Waals surface area contributed by atoms with Crippen LogP contribution in [0.4, 0.5) is 4.39 Å². The van der Waals surface area contributed by atoms with Crippen molar-refractivity contribution >= 4 is 21.9 Å². The van der Waals surface area contributed by atoms with Crippen molar-refractivity contribution in [2.75, 3.05) is 0 Å². The smallest absolute Gasteiger partial charge is 0.328 e. The number of hydrogen-bond donors (Lipinski definition) is 1. The Balaban J connectivity index is 3.07. The van der Waals surface area contributed by atoms with E-state index in [1.165, 1.54) is 12.1 Å². The molecule has 0 aliphatic carbocycles. The van der Waals surface area contributed by atoms with Gasteiger partial charge in [-0.15, -0.1) is 0 Å². The number of rotatable bonds is 3. The summed E-state index contributed by atoms with van der Waals surface area (Å²) >= 11 is 3.07. The highest BCUT2D eigenvalue weighted by molar-refractivity contribution is 9.10. The maximum absolute atomic E-state index is 13.3. The summed E-state index contributed by atoms with van der Waals surface area (Å²) in [4.78, 5) is 10.4. The molecule has 16 heavy (non-hydrogen) atoms. The average Bonchev–Trinajstić information content (AvgIpc) is 2.19. The third-order valence-corrected chi connectivity index (χ3v) is 2.95. The first-order chi connectivity index (χ1) is 7.33. The molecule has 0 spiro atoms. The van der Waals surface area contributed by atoms with Gasteiger partial charge in [-0.05, 0) is 33.6 Å². The molecule has 0 aliphatic rings. The average molecular weight is 287 g/mol. The number of allylic oxidation sites excluding steroid dienone is 1. The van der Waals surface area contributed by atoms with Gasteiger partial charge in [-0.3, -0.25) is 0 Å². The molecule has 0 amide bonds. The Kier molecular flexibility index (Phi) is 3.86. The van der Waals surface area contributed by atoms with Crippen molar-refractivity contribution in [2.24, 2.45) is 0 Å². The van der Waals surface area contributed by atoms with Crippen molar-refractivity contribution in [1.29, 1.82) is 0 Å². The summed E-state index contributed by atoms with van der Waals surface area (Å²) in [5.74, 6) is -1.36. The van der Waals surface area contributed by atoms with Crippen LogP contribution in [0.5, 0.6) is 0 Å². The van der Waals surface area contributed by atoms with Crippen LogP contribution in [-0.2, 0) is 10.2 Å². The van der Waals surface area contributed by atoms with Gasteiger partial charge in [0, 0.05) is 11.5 Å². The minimum absolute atomic E-state index is 0.352. The normalized spacial score (nSPS) is 12.0. The van der Waals surface area contributed by atoms with Crippen LogP contribution in [0, 0.1) is 5.82 Å². The highest BCUT2D eigenvalue weighted by atomic mass is 79.9. The van der Waals surface area contributed by atoms with Crippen LogP contribution in [0.3, 0.4) is 0 Å². The molecule has 0 heterocycles. The maximum Gasteiger partial charge on any atom is 0.328 e. The second-order valence-corrected chi connectivity index (χ2v) is 4.88. The summed E-state index contributed by atoms with van der Waals surface area (Å²) in [6.45, 7) is 3.66. The molecule has 0 saturated heterocycles. The monoisotopic (exact) mass is 286 g/mol. The SMILES string of the molecule is CC(C)(C=CC(=O)O)c1ccc(Br)c(F)c1. The van der Waals surface area contributed by atoms with Crippen LogP contribution in [0.15, 0.2) is 34.8 Å². The number of hydrogen-bond acceptors (Lipinski definition) is 1. The van der Waals surface area contributed by atoms with Crippen molar-refractivity contribution in [1.82, 2.24) is 0 Å². The van der Waals surface area contributed by atoms with Crippen molar-refractivity contribution in [2.45, 2.75) is 19.3 Å². The summed E-state index contributed by atoms with van der Waals surface area (Å²) in [5.41, 5.74) is 0.214. The van der Waals surface area contributed by atoms with Gasteiger partial charge in [0.25, 0.3) is 0 Å². The minimum Gasteiger partial charge on any atom is -0.478 e. The Morgan fingerprint density at radius 2 is 2.12 bits per heavy atom. The van der Waals surface area contributed by atoms with Crippen molar-refractivity contribution in [3.05, 3.63) is 46.2 Å². The summed E-state index contributed by atoms with van der Waals surface area (Å²) in [7, 11) is 0. The van der Waals surface area contributed by atoms with Gasteiger partial charge < -0.3 is 5.11 Å². The topological polar surface area (TPSA) is 37.3 Å². The third-order valence-electron chi connectivity index (χ3n) is 2.31. The zero-order valence-electron chi connectivity index (χ0n) is 9.00. The quantitative estimate of drug-likeness (QED) is 0.864. The van der Waals surface area contributed by atoms with Gasteiger partial charge in [-0.25, -0.2) is 9.18 Å². The van der Waals surface area contributed by atoms with Crippen LogP contribution in [0.25, 0.3) is 0 Å². The van der Waals surface area contributed by atoms with Gasteiger partial charge in [-0.2, -0.15) is 0 Å². The van der Waals surface area contributed by atoms with E-state index in [2.05, 4.69) is 15.9 Å². The standard InChI is InChI=1S/C12H12BrFO2/c1-12(2,6-5-11(15)16)8-3-4-9(13)10(14)7-8/h3-7H,1-2H3,(H,15,16). The first kappa shape index (κ1) is 12.9. The lowest BCUT2D eigenvalue weighted by molar-refractivity contribution is -0.131. The molecule has 4 heteroatoms. The van der Waals surface area contributed by atoms with Gasteiger partial charge in [0.1, 0.15) is 5.82 Å². The van der Waals surface area contributed by atoms with E-state index in [4.69, 9.17) is 5.11 Å². The van der Waals surface area contributed by atoms with Crippen molar-refractivity contribution in [3.8, 4) is 0 Å². The second kappa shape index (κ2) is 4.78. The Hall–Kier alpha value is -1.16. The Labute approximate surface area is 102 Å². The van der Waals surface area contributed by atoms with E-state index >= 15 is 0 Å². The van der Waals surface area contributed by atoms with Gasteiger partial charge in [-0.1, -0.05) is 26.0 Å². The van der Waals surface area contributed by atoms with E-state index in [-0.39, 0.29) is 5.82 Å². The maximum atomic E-state index is 13.3. The van der Waals surface area contributed by atoms with Crippen LogP contribution >= 0.6 is 15.9 Å². The van der Waals surface area contributed by atoms with Crippen LogP contribution in [0.1, 0.15) is 19.4 Å². The molecule has 1 aromatic rings. The van der Waals surface area contributed by atoms with Crippen LogP contribution < -0.4 is 0 Å². The number of halogens is 2. The predicted molar refractivity (Wildman–Crippen MR) is 63.9 cm³/mol. The lowest BCUT2D eigenvalue weighted by atomic mass is 9.84. The fourth-order valence-corrected chi connectivity index (χ4v) is 1.52. The van der Waals surface area contributed by atoms with E-state index in [0.29, 0.717) is 4.47 Å². The molecule has 0 saturated carbocycles. The second-order valence-electron chi connectivity index (χ2n) is 4.02. The van der Waals surface area contributed by atoms with Crippen molar-refractivity contribution in [3.63, 3.8) is 0 Å². The molecule has 0 radical (unpaired) electrons. The molecule has 1 rings (SSSR count). The first-order valence-corrected chi connectivity index (χ1v) is 5.50. The van der Waals surface area contributed by atoms with Gasteiger partial charge in [0.05, 0.1) is 4.47 Å². The molecule has 0 aromatic heterocycles. The van der Waals surface area contributed by atoms with E-state index < -0.39 is 11.4 Å². The third kappa shape index (κ3) is 3.17. The summed E-state index contributed by atoms with van der Waals surface area (Å²) < 4.78 is 13.7. The minimum atomic E-state index is -1.01. The fourth-order valence-electron chi connectivity index (χ4n) is 1.27. The van der Waals surface area contributed by atoms with E-state index in [0.717, 1.165) is 11.6 Å². The molecule has 0 aliphatic heterocycles. The van der Waals surface area contributed by atoms with Gasteiger partial charge in [0.15, 0.2) is 0 Å². The lowest BCUT2D eigenvalue weighted by Crippen LogP contribution is -2.14. The number of carbonyl (C=O) groups is 1. The van der Waals surface area contributed by atoms with Crippen LogP contribution in [-0.4, -0.2) is 11.1 Å². The Morgan fingerprint density at radius 1 is 1.50 bits per heavy atom. The highest BCUT2D eigenvalue weighted by Gasteiger charge is 2.18. The number of carboxylic acid groups (broad SMARTS) is 1. The molecule has 86 valence electrons. The number of benzene rings is 1. The molecular weight excluding hydrogens is 275 g/mol. The zero-order chi connectivity index (χ0) is 12.3. The highest BCUT2D eigenvalue weighted by Crippen LogP contribution is 2.27. The largest absolute Gasteiger partial charge is 0.478 e. The predicted octanol–water partition coefficient (Wildman–Crippen LogP) is 3.51. The summed E-state index contributed by atoms with van der Waals surface area (Å²) in [6, 6.07) is 4.77. The number of aliphatic carboxylic acids is 1. The summed E-state index contributed by atoms with van der Waals surface area (Å²) in [6.07, 6.45) is 2.61. The first-order valence-electron chi connectivity index (χ1n) is 4.70.